The molecule has 13 heavy (non-hydrogen) atoms. The SMILES string of the molecule is CC(C)N(C)CCC(C)(C)CCN. The number of hydrogen-bond acceptors (Lipinski definition) is 2. The second-order valence-corrected chi connectivity index (χ2v) is 5.03. The maximum atomic E-state index is 5.57. The van der Waals surface area contributed by atoms with Crippen molar-refractivity contribution in [2.45, 2.75) is 46.6 Å². The third-order valence-corrected chi connectivity index (χ3v) is 2.84. The van der Waals surface area contributed by atoms with Gasteiger partial charge in [-0.2, -0.15) is 0 Å². The molecule has 0 bridgehead atoms. The van der Waals surface area contributed by atoms with Gasteiger partial charge < -0.3 is 10.6 Å². The van der Waals surface area contributed by atoms with Crippen LogP contribution >= 0.6 is 0 Å². The summed E-state index contributed by atoms with van der Waals surface area (Å²) in [7, 11) is 2.18. The van der Waals surface area contributed by atoms with E-state index in [1.165, 1.54) is 13.0 Å². The van der Waals surface area contributed by atoms with Crippen molar-refractivity contribution < 1.29 is 0 Å². The molecule has 0 radical (unpaired) electrons. The Morgan fingerprint density at radius 3 is 2.15 bits per heavy atom. The quantitative estimate of drug-likeness (QED) is 0.688. The topological polar surface area (TPSA) is 29.3 Å². The molecule has 0 aromatic heterocycles. The smallest absolute Gasteiger partial charge is 0.00355 e. The van der Waals surface area contributed by atoms with Crippen LogP contribution in [0, 0.1) is 5.41 Å². The number of hydrogen-bond donors (Lipinski definition) is 1. The van der Waals surface area contributed by atoms with Crippen LogP contribution in [-0.2, 0) is 0 Å². The van der Waals surface area contributed by atoms with E-state index in [0.717, 1.165) is 13.0 Å². The van der Waals surface area contributed by atoms with Gasteiger partial charge in [-0.1, -0.05) is 13.8 Å². The van der Waals surface area contributed by atoms with Gasteiger partial charge in [-0.15, -0.1) is 0 Å². The molecular formula is C11H26N2. The first-order chi connectivity index (χ1) is 5.89. The largest absolute Gasteiger partial charge is 0.330 e. The maximum Gasteiger partial charge on any atom is 0.00355 e. The first kappa shape index (κ1) is 12.9. The van der Waals surface area contributed by atoms with E-state index in [1.807, 2.05) is 0 Å². The lowest BCUT2D eigenvalue weighted by Gasteiger charge is -2.28. The molecule has 0 aliphatic heterocycles. The predicted molar refractivity (Wildman–Crippen MR) is 59.8 cm³/mol. The molecule has 80 valence electrons. The number of nitrogens with zero attached hydrogens (tertiary/aromatic N) is 1. The minimum Gasteiger partial charge on any atom is -0.330 e. The zero-order valence-electron chi connectivity index (χ0n) is 9.93. The van der Waals surface area contributed by atoms with E-state index in [4.69, 9.17) is 5.73 Å². The lowest BCUT2D eigenvalue weighted by atomic mass is 9.85. The second kappa shape index (κ2) is 5.61. The molecule has 2 nitrogen and oxygen atoms in total. The molecule has 0 saturated carbocycles. The van der Waals surface area contributed by atoms with Gasteiger partial charge in [-0.3, -0.25) is 0 Å². The molecule has 0 unspecified atom stereocenters. The van der Waals surface area contributed by atoms with Crippen LogP contribution in [0.25, 0.3) is 0 Å². The normalized spacial score (nSPS) is 12.9. The van der Waals surface area contributed by atoms with Crippen LogP contribution in [0.3, 0.4) is 0 Å². The highest BCUT2D eigenvalue weighted by molar-refractivity contribution is 4.71. The minimum atomic E-state index is 0.401. The van der Waals surface area contributed by atoms with Crippen LogP contribution in [-0.4, -0.2) is 31.1 Å². The Morgan fingerprint density at radius 2 is 1.77 bits per heavy atom. The summed E-state index contributed by atoms with van der Waals surface area (Å²) in [6.07, 6.45) is 2.36. The molecule has 2 heteroatoms. The molecule has 0 aromatic rings. The Morgan fingerprint density at radius 1 is 1.23 bits per heavy atom. The van der Waals surface area contributed by atoms with Gasteiger partial charge in [-0.25, -0.2) is 0 Å². The molecule has 0 amide bonds. The average molecular weight is 186 g/mol. The molecule has 0 fully saturated rings. The summed E-state index contributed by atoms with van der Waals surface area (Å²) in [4.78, 5) is 2.39. The second-order valence-electron chi connectivity index (χ2n) is 5.03. The van der Waals surface area contributed by atoms with Crippen molar-refractivity contribution in [2.24, 2.45) is 11.1 Å². The van der Waals surface area contributed by atoms with Crippen LogP contribution in [0.2, 0.25) is 0 Å². The lowest BCUT2D eigenvalue weighted by Crippen LogP contribution is -2.31. The Balaban J connectivity index is 3.73. The van der Waals surface area contributed by atoms with E-state index in [9.17, 15) is 0 Å². The van der Waals surface area contributed by atoms with Crippen LogP contribution < -0.4 is 5.73 Å². The molecular weight excluding hydrogens is 160 g/mol. The van der Waals surface area contributed by atoms with Crippen LogP contribution in [0.15, 0.2) is 0 Å². The fourth-order valence-electron chi connectivity index (χ4n) is 1.25. The van der Waals surface area contributed by atoms with Crippen molar-refractivity contribution >= 4 is 0 Å². The van der Waals surface area contributed by atoms with Crippen molar-refractivity contribution in [2.75, 3.05) is 20.1 Å². The summed E-state index contributed by atoms with van der Waals surface area (Å²) < 4.78 is 0. The zero-order valence-corrected chi connectivity index (χ0v) is 9.93. The Bertz CT molecular complexity index is 130. The summed E-state index contributed by atoms with van der Waals surface area (Å²) >= 11 is 0. The third-order valence-electron chi connectivity index (χ3n) is 2.84. The van der Waals surface area contributed by atoms with E-state index >= 15 is 0 Å². The molecule has 0 aliphatic carbocycles. The fourth-order valence-corrected chi connectivity index (χ4v) is 1.25. The van der Waals surface area contributed by atoms with Gasteiger partial charge in [0, 0.05) is 6.04 Å². The van der Waals surface area contributed by atoms with Crippen LogP contribution in [0.4, 0.5) is 0 Å². The highest BCUT2D eigenvalue weighted by atomic mass is 15.1. The fraction of sp³-hybridized carbons (Fsp3) is 1.00. The first-order valence-corrected chi connectivity index (χ1v) is 5.29. The Kier molecular flexibility index (Phi) is 5.57. The molecule has 0 saturated heterocycles. The minimum absolute atomic E-state index is 0.401. The van der Waals surface area contributed by atoms with Crippen LogP contribution in [0.5, 0.6) is 0 Å². The van der Waals surface area contributed by atoms with E-state index < -0.39 is 0 Å². The Hall–Kier alpha value is -0.0800. The molecule has 0 spiro atoms. The third kappa shape index (κ3) is 6.05. The van der Waals surface area contributed by atoms with Crippen molar-refractivity contribution in [3.63, 3.8) is 0 Å². The highest BCUT2D eigenvalue weighted by Gasteiger charge is 2.17. The van der Waals surface area contributed by atoms with Gasteiger partial charge in [0.1, 0.15) is 0 Å². The standard InChI is InChI=1S/C11H26N2/c1-10(2)13(5)9-7-11(3,4)6-8-12/h10H,6-9,12H2,1-5H3. The molecule has 0 aliphatic rings. The summed E-state index contributed by atoms with van der Waals surface area (Å²) in [6.45, 7) is 11.0. The van der Waals surface area contributed by atoms with Gasteiger partial charge in [0.2, 0.25) is 0 Å². The summed E-state index contributed by atoms with van der Waals surface area (Å²) in [5, 5.41) is 0. The summed E-state index contributed by atoms with van der Waals surface area (Å²) in [5.41, 5.74) is 5.97. The zero-order chi connectivity index (χ0) is 10.5. The molecule has 0 rings (SSSR count). The molecule has 0 atom stereocenters. The van der Waals surface area contributed by atoms with Gasteiger partial charge in [0.05, 0.1) is 0 Å². The maximum absolute atomic E-state index is 5.57. The monoisotopic (exact) mass is 186 g/mol. The van der Waals surface area contributed by atoms with Crippen molar-refractivity contribution in [3.8, 4) is 0 Å². The highest BCUT2D eigenvalue weighted by Crippen LogP contribution is 2.24. The van der Waals surface area contributed by atoms with Crippen molar-refractivity contribution in [1.29, 1.82) is 0 Å². The molecule has 2 N–H and O–H groups in total. The van der Waals surface area contributed by atoms with Crippen molar-refractivity contribution in [1.82, 2.24) is 4.90 Å². The predicted octanol–water partition coefficient (Wildman–Crippen LogP) is 2.09. The summed E-state index contributed by atoms with van der Waals surface area (Å²) in [6, 6.07) is 0.647. The van der Waals surface area contributed by atoms with E-state index in [1.54, 1.807) is 0 Å². The van der Waals surface area contributed by atoms with E-state index in [0.29, 0.717) is 11.5 Å². The number of rotatable bonds is 6. The Labute approximate surface area is 83.5 Å². The number of nitrogens with two attached hydrogens (primary N) is 1. The van der Waals surface area contributed by atoms with Gasteiger partial charge >= 0.3 is 0 Å². The van der Waals surface area contributed by atoms with Gasteiger partial charge in [0.15, 0.2) is 0 Å². The first-order valence-electron chi connectivity index (χ1n) is 5.29. The molecule has 0 heterocycles. The molecule has 0 aromatic carbocycles. The van der Waals surface area contributed by atoms with E-state index in [2.05, 4.69) is 39.6 Å². The summed E-state index contributed by atoms with van der Waals surface area (Å²) in [5.74, 6) is 0. The van der Waals surface area contributed by atoms with Gasteiger partial charge in [-0.05, 0) is 52.2 Å². The lowest BCUT2D eigenvalue weighted by molar-refractivity contribution is 0.210. The van der Waals surface area contributed by atoms with E-state index in [-0.39, 0.29) is 0 Å². The van der Waals surface area contributed by atoms with Crippen LogP contribution in [0.1, 0.15) is 40.5 Å². The van der Waals surface area contributed by atoms with Crippen molar-refractivity contribution in [3.05, 3.63) is 0 Å². The average Bonchev–Trinajstić information content (AvgIpc) is 2.00. The van der Waals surface area contributed by atoms with Gasteiger partial charge in [0.25, 0.3) is 0 Å².